The van der Waals surface area contributed by atoms with Crippen molar-refractivity contribution in [1.29, 1.82) is 0 Å². The monoisotopic (exact) mass is 845 g/mol. The first-order valence-corrected chi connectivity index (χ1v) is 27.2. The molecule has 0 heterocycles. The van der Waals surface area contributed by atoms with Crippen molar-refractivity contribution in [1.82, 2.24) is 0 Å². The Balaban J connectivity index is 2.06. The van der Waals surface area contributed by atoms with Gasteiger partial charge in [-0.05, 0) is 88.8 Å². The van der Waals surface area contributed by atoms with Crippen molar-refractivity contribution in [3.8, 4) is 11.5 Å². The molecule has 0 saturated heterocycles. The molecular formula is C54H80N2O2Si2. The van der Waals surface area contributed by atoms with Crippen LogP contribution in [-0.4, -0.2) is 38.8 Å². The Bertz CT molecular complexity index is 1890. The maximum atomic E-state index is 12.5. The summed E-state index contributed by atoms with van der Waals surface area (Å²) in [4.78, 5) is 10.9. The van der Waals surface area contributed by atoms with Crippen molar-refractivity contribution >= 4 is 39.0 Å². The number of hydrogen-bond donors (Lipinski definition) is 2. The van der Waals surface area contributed by atoms with E-state index in [1.54, 1.807) is 0 Å². The van der Waals surface area contributed by atoms with Crippen LogP contribution in [0.5, 0.6) is 11.5 Å². The number of benzene rings is 4. The lowest BCUT2D eigenvalue weighted by Gasteiger charge is -2.44. The number of hydrogen-bond acceptors (Lipinski definition) is 4. The van der Waals surface area contributed by atoms with E-state index in [0.29, 0.717) is 44.7 Å². The topological polar surface area (TPSA) is 65.2 Å². The summed E-state index contributed by atoms with van der Waals surface area (Å²) in [6.45, 7) is 41.8. The lowest BCUT2D eigenvalue weighted by Crippen LogP contribution is -2.56. The van der Waals surface area contributed by atoms with E-state index in [2.05, 4.69) is 197 Å². The molecule has 0 aliphatic rings. The minimum Gasteiger partial charge on any atom is -0.507 e. The first-order chi connectivity index (χ1) is 27.8. The number of aliphatic imine (C=N–C) groups is 2. The summed E-state index contributed by atoms with van der Waals surface area (Å²) in [5, 5.41) is 27.2. The predicted octanol–water partition coefficient (Wildman–Crippen LogP) is 14.5. The summed E-state index contributed by atoms with van der Waals surface area (Å²) in [6, 6.07) is 28.9. The summed E-state index contributed by atoms with van der Waals surface area (Å²) in [6.07, 6.45) is 3.84. The average Bonchev–Trinajstić information content (AvgIpc) is 3.14. The Kier molecular flexibility index (Phi) is 15.6. The fraction of sp³-hybridized carbons (Fsp3) is 0.519. The number of nitrogens with zero attached hydrogens (tertiary/aromatic N) is 2. The molecule has 4 rings (SSSR count). The van der Waals surface area contributed by atoms with Crippen LogP contribution in [0.2, 0.25) is 33.2 Å². The fourth-order valence-electron chi connectivity index (χ4n) is 11.2. The molecule has 0 bridgehead atoms. The Labute approximate surface area is 368 Å². The molecule has 0 amide bonds. The van der Waals surface area contributed by atoms with E-state index in [0.717, 1.165) is 32.6 Å². The first-order valence-electron chi connectivity index (χ1n) is 22.8. The molecule has 0 unspecified atom stereocenters. The molecule has 0 aromatic heterocycles. The minimum atomic E-state index is -2.25. The number of phenolic OH excluding ortho intramolecular Hbond substituents is 2. The van der Waals surface area contributed by atoms with Gasteiger partial charge in [-0.15, -0.1) is 0 Å². The van der Waals surface area contributed by atoms with Crippen LogP contribution in [-0.2, 0) is 10.8 Å². The summed E-state index contributed by atoms with van der Waals surface area (Å²) >= 11 is 0. The molecule has 0 saturated carbocycles. The number of aromatic hydroxyl groups is 2. The van der Waals surface area contributed by atoms with E-state index in [9.17, 15) is 10.2 Å². The quantitative estimate of drug-likeness (QED) is 0.0925. The van der Waals surface area contributed by atoms with Crippen molar-refractivity contribution in [2.75, 3.05) is 0 Å². The zero-order valence-electron chi connectivity index (χ0n) is 40.6. The highest BCUT2D eigenvalue weighted by Gasteiger charge is 2.48. The fourth-order valence-corrected chi connectivity index (χ4v) is 24.9. The molecule has 2 atom stereocenters. The molecule has 60 heavy (non-hydrogen) atoms. The van der Waals surface area contributed by atoms with Crippen molar-refractivity contribution in [3.05, 3.63) is 118 Å². The van der Waals surface area contributed by atoms with Crippen molar-refractivity contribution in [2.45, 2.75) is 181 Å². The largest absolute Gasteiger partial charge is 0.507 e. The van der Waals surface area contributed by atoms with Gasteiger partial charge in [0.1, 0.15) is 23.6 Å². The first kappa shape index (κ1) is 48.9. The van der Waals surface area contributed by atoms with Gasteiger partial charge in [-0.1, -0.05) is 197 Å². The number of rotatable bonds is 15. The van der Waals surface area contributed by atoms with Gasteiger partial charge >= 0.3 is 0 Å². The highest BCUT2D eigenvalue weighted by Crippen LogP contribution is 2.46. The maximum Gasteiger partial charge on any atom is 0.123 e. The van der Waals surface area contributed by atoms with Gasteiger partial charge in [-0.3, -0.25) is 9.98 Å². The zero-order valence-corrected chi connectivity index (χ0v) is 42.6. The second-order valence-electron chi connectivity index (χ2n) is 21.5. The highest BCUT2D eigenvalue weighted by molar-refractivity contribution is 6.96. The standard InChI is InChI=1S/C54H80N2O2Si2/c1-35(2)59(36(3)4,37(5)6)47-31-45(53(13,14)15)29-43(51(47)57)33-55-49(41-25-21-19-22-26-41)50(42-27-23-20-24-28-42)56-34-44-30-46(54(16,17)18)32-48(52(44)58)60(38(7)8,39(9)10)40(11)12/h19-40,49-50,57-58H,1-18H3/t49-,50-/m1/s1. The van der Waals surface area contributed by atoms with Crippen LogP contribution in [0.4, 0.5) is 0 Å². The van der Waals surface area contributed by atoms with Gasteiger partial charge in [0.25, 0.3) is 0 Å². The lowest BCUT2D eigenvalue weighted by atomic mass is 9.86. The maximum absolute atomic E-state index is 12.5. The molecular weight excluding hydrogens is 765 g/mol. The summed E-state index contributed by atoms with van der Waals surface area (Å²) in [5.74, 6) is 0.733. The average molecular weight is 845 g/mol. The third-order valence-corrected chi connectivity index (χ3v) is 28.1. The summed E-state index contributed by atoms with van der Waals surface area (Å²) in [7, 11) is -4.51. The predicted molar refractivity (Wildman–Crippen MR) is 269 cm³/mol. The smallest absolute Gasteiger partial charge is 0.123 e. The lowest BCUT2D eigenvalue weighted by molar-refractivity contribution is 0.475. The van der Waals surface area contributed by atoms with Gasteiger partial charge in [0.05, 0.1) is 16.1 Å². The molecule has 6 heteroatoms. The van der Waals surface area contributed by atoms with Gasteiger partial charge in [0, 0.05) is 23.6 Å². The molecule has 0 spiro atoms. The van der Waals surface area contributed by atoms with Gasteiger partial charge in [-0.2, -0.15) is 0 Å². The van der Waals surface area contributed by atoms with E-state index in [1.165, 1.54) is 11.1 Å². The third kappa shape index (κ3) is 9.65. The van der Waals surface area contributed by atoms with Gasteiger partial charge in [-0.25, -0.2) is 0 Å². The van der Waals surface area contributed by atoms with Crippen LogP contribution in [0, 0.1) is 0 Å². The van der Waals surface area contributed by atoms with Gasteiger partial charge in [0.2, 0.25) is 0 Å². The summed E-state index contributed by atoms with van der Waals surface area (Å²) < 4.78 is 0. The number of phenols is 2. The van der Waals surface area contributed by atoms with E-state index >= 15 is 0 Å². The van der Waals surface area contributed by atoms with E-state index in [-0.39, 0.29) is 10.8 Å². The van der Waals surface area contributed by atoms with Crippen LogP contribution in [0.3, 0.4) is 0 Å². The molecule has 4 aromatic carbocycles. The zero-order chi connectivity index (χ0) is 45.1. The molecule has 0 radical (unpaired) electrons. The Hall–Kier alpha value is -3.75. The Morgan fingerprint density at radius 2 is 0.700 bits per heavy atom. The van der Waals surface area contributed by atoms with E-state index in [4.69, 9.17) is 9.98 Å². The van der Waals surface area contributed by atoms with Crippen LogP contribution in [0.15, 0.2) is 94.9 Å². The molecule has 2 N–H and O–H groups in total. The SMILES string of the molecule is CC(C)[Si](c1cc(C(C)(C)C)cc(C=N[C@H](c2ccccc2)[C@H](N=Cc2cc(C(C)(C)C)cc([Si](C(C)C)(C(C)C)C(C)C)c2O)c2ccccc2)c1O)(C(C)C)C(C)C. The molecule has 326 valence electrons. The van der Waals surface area contributed by atoms with Crippen molar-refractivity contribution in [2.24, 2.45) is 9.98 Å². The van der Waals surface area contributed by atoms with E-state index in [1.807, 2.05) is 24.6 Å². The van der Waals surface area contributed by atoms with Crippen molar-refractivity contribution < 1.29 is 10.2 Å². The van der Waals surface area contributed by atoms with Gasteiger partial charge < -0.3 is 10.2 Å². The molecule has 4 aromatic rings. The van der Waals surface area contributed by atoms with Gasteiger partial charge in [0.15, 0.2) is 0 Å². The third-order valence-electron chi connectivity index (χ3n) is 14.0. The Morgan fingerprint density at radius 1 is 0.433 bits per heavy atom. The molecule has 0 fully saturated rings. The van der Waals surface area contributed by atoms with Crippen LogP contribution in [0.1, 0.15) is 170 Å². The normalized spacial score (nSPS) is 14.6. The van der Waals surface area contributed by atoms with Crippen LogP contribution >= 0.6 is 0 Å². The second-order valence-corrected chi connectivity index (χ2v) is 33.2. The minimum absolute atomic E-state index is 0.130. The molecule has 0 aliphatic carbocycles. The highest BCUT2D eigenvalue weighted by atomic mass is 28.3. The van der Waals surface area contributed by atoms with Crippen LogP contribution < -0.4 is 10.4 Å². The Morgan fingerprint density at radius 3 is 0.933 bits per heavy atom. The van der Waals surface area contributed by atoms with Crippen molar-refractivity contribution in [3.63, 3.8) is 0 Å². The van der Waals surface area contributed by atoms with Crippen LogP contribution in [0.25, 0.3) is 0 Å². The summed E-state index contributed by atoms with van der Waals surface area (Å²) in [5.41, 5.74) is 8.31. The second kappa shape index (κ2) is 19.1. The molecule has 4 nitrogen and oxygen atoms in total. The van der Waals surface area contributed by atoms with E-state index < -0.39 is 28.2 Å². The molecule has 0 aliphatic heterocycles.